The molecule has 1 heterocycles. The molecule has 0 N–H and O–H groups in total. The van der Waals surface area contributed by atoms with Gasteiger partial charge in [-0.15, -0.1) is 0 Å². The first kappa shape index (κ1) is 24.4. The fourth-order valence-corrected chi connectivity index (χ4v) is 4.52. The molecule has 0 bridgehead atoms. The summed E-state index contributed by atoms with van der Waals surface area (Å²) in [5, 5.41) is 7.77. The summed E-state index contributed by atoms with van der Waals surface area (Å²) in [5.74, 6) is 1.91. The second kappa shape index (κ2) is 12.7. The van der Waals surface area contributed by atoms with E-state index >= 15 is 0 Å². The summed E-state index contributed by atoms with van der Waals surface area (Å²) in [7, 11) is 0. The highest BCUT2D eigenvalue weighted by atomic mass is 16.1. The van der Waals surface area contributed by atoms with Gasteiger partial charge < -0.3 is 4.90 Å². The number of hydrogen-bond acceptors (Lipinski definition) is 4. The van der Waals surface area contributed by atoms with Gasteiger partial charge in [-0.1, -0.05) is 51.7 Å². The second-order valence-electron chi connectivity index (χ2n) is 9.25. The Balaban J connectivity index is 0.000000469. The van der Waals surface area contributed by atoms with Crippen molar-refractivity contribution in [3.63, 3.8) is 0 Å². The smallest absolute Gasteiger partial charge is 0.143 e. The Morgan fingerprint density at radius 1 is 1.13 bits per heavy atom. The number of nitrogens with zero attached hydrogens (tertiary/aromatic N) is 3. The zero-order chi connectivity index (χ0) is 21.9. The van der Waals surface area contributed by atoms with Crippen LogP contribution in [0, 0.1) is 30.1 Å². The summed E-state index contributed by atoms with van der Waals surface area (Å²) in [6, 6.07) is 8.70. The summed E-state index contributed by atoms with van der Waals surface area (Å²) >= 11 is 0. The molecule has 2 aliphatic rings. The number of Topliss-reactive ketones (excluding diaryl/α,β-unsaturated/α-hetero) is 1. The van der Waals surface area contributed by atoms with Crippen LogP contribution in [0.4, 0.5) is 5.69 Å². The maximum Gasteiger partial charge on any atom is 0.143 e. The lowest BCUT2D eigenvalue weighted by Gasteiger charge is -2.38. The van der Waals surface area contributed by atoms with Gasteiger partial charge in [-0.25, -0.2) is 0 Å². The van der Waals surface area contributed by atoms with Crippen LogP contribution < -0.4 is 4.90 Å². The Hall–Kier alpha value is -1.86. The average Bonchev–Trinajstić information content (AvgIpc) is 2.74. The van der Waals surface area contributed by atoms with Gasteiger partial charge in [-0.3, -0.25) is 9.69 Å². The Morgan fingerprint density at radius 3 is 2.33 bits per heavy atom. The highest BCUT2D eigenvalue weighted by Crippen LogP contribution is 2.30. The molecule has 1 saturated heterocycles. The van der Waals surface area contributed by atoms with E-state index < -0.39 is 0 Å². The van der Waals surface area contributed by atoms with E-state index in [0.29, 0.717) is 0 Å². The summed E-state index contributed by atoms with van der Waals surface area (Å²) < 4.78 is 0. The molecule has 0 amide bonds. The molecule has 2 fully saturated rings. The monoisotopic (exact) mass is 411 g/mol. The molecule has 0 radical (unpaired) electrons. The predicted octanol–water partition coefficient (Wildman–Crippen LogP) is 5.38. The van der Waals surface area contributed by atoms with Crippen molar-refractivity contribution in [2.75, 3.05) is 37.6 Å². The van der Waals surface area contributed by atoms with Crippen molar-refractivity contribution in [3.05, 3.63) is 29.3 Å². The highest BCUT2D eigenvalue weighted by molar-refractivity contribution is 5.77. The lowest BCUT2D eigenvalue weighted by Crippen LogP contribution is -2.47. The number of rotatable bonds is 6. The number of aryl methyl sites for hydroxylation is 2. The largest absolute Gasteiger partial charge is 0.369 e. The molecule has 4 heteroatoms. The van der Waals surface area contributed by atoms with Crippen molar-refractivity contribution in [1.82, 2.24) is 4.90 Å². The fraction of sp³-hybridized carbons (Fsp3) is 0.692. The zero-order valence-electron chi connectivity index (χ0n) is 19.6. The number of anilines is 1. The third-order valence-electron chi connectivity index (χ3n) is 6.71. The number of nitriles is 1. The predicted molar refractivity (Wildman–Crippen MR) is 126 cm³/mol. The maximum atomic E-state index is 9.82. The van der Waals surface area contributed by atoms with Crippen LogP contribution >= 0.6 is 0 Å². The van der Waals surface area contributed by atoms with Crippen LogP contribution in [0.2, 0.25) is 0 Å². The molecule has 1 aliphatic carbocycles. The molecule has 1 aromatic carbocycles. The van der Waals surface area contributed by atoms with Crippen molar-refractivity contribution in [2.45, 2.75) is 72.6 Å². The first-order valence-electron chi connectivity index (χ1n) is 11.9. The van der Waals surface area contributed by atoms with Gasteiger partial charge in [0.15, 0.2) is 0 Å². The summed E-state index contributed by atoms with van der Waals surface area (Å²) in [6.07, 6.45) is 8.48. The van der Waals surface area contributed by atoms with Crippen LogP contribution in [0.5, 0.6) is 0 Å². The minimum absolute atomic E-state index is 0.0417. The van der Waals surface area contributed by atoms with Gasteiger partial charge in [0.1, 0.15) is 5.78 Å². The summed E-state index contributed by atoms with van der Waals surface area (Å²) in [4.78, 5) is 15.1. The Labute approximate surface area is 184 Å². The molecular formula is C26H41N3O. The van der Waals surface area contributed by atoms with Crippen molar-refractivity contribution in [2.24, 2.45) is 11.8 Å². The fourth-order valence-electron chi connectivity index (χ4n) is 4.52. The molecule has 3 rings (SSSR count). The zero-order valence-corrected chi connectivity index (χ0v) is 19.6. The van der Waals surface area contributed by atoms with Crippen LogP contribution in [0.3, 0.4) is 0 Å². The SMILES string of the molecule is CC(=O)CC#N.CCc1ccc(C)c(N2CCN(CCC3CCC(C)CC3)CC2)c1. The minimum Gasteiger partial charge on any atom is -0.369 e. The molecule has 0 atom stereocenters. The standard InChI is InChI=1S/C22H36N2.C4H5NO/c1-4-20-10-7-19(3)22(17-20)24-15-13-23(14-16-24)12-11-21-8-5-18(2)6-9-21;1-4(6)2-3-5/h7,10,17-18,21H,4-6,8-9,11-16H2,1-3H3;2H2,1H3. The molecule has 166 valence electrons. The quantitative estimate of drug-likeness (QED) is 0.630. The summed E-state index contributed by atoms with van der Waals surface area (Å²) in [6.45, 7) is 14.5. The van der Waals surface area contributed by atoms with Gasteiger partial charge in [-0.2, -0.15) is 5.26 Å². The van der Waals surface area contributed by atoms with Crippen LogP contribution in [-0.4, -0.2) is 43.4 Å². The van der Waals surface area contributed by atoms with Crippen molar-refractivity contribution >= 4 is 11.5 Å². The van der Waals surface area contributed by atoms with Crippen molar-refractivity contribution in [1.29, 1.82) is 5.26 Å². The van der Waals surface area contributed by atoms with Crippen LogP contribution in [0.25, 0.3) is 0 Å². The van der Waals surface area contributed by atoms with E-state index in [1.54, 1.807) is 6.07 Å². The molecule has 4 nitrogen and oxygen atoms in total. The van der Waals surface area contributed by atoms with Gasteiger partial charge in [0.25, 0.3) is 0 Å². The van der Waals surface area contributed by atoms with Gasteiger partial charge in [0.05, 0.1) is 12.5 Å². The van der Waals surface area contributed by atoms with Gasteiger partial charge in [0, 0.05) is 31.9 Å². The summed E-state index contributed by atoms with van der Waals surface area (Å²) in [5.41, 5.74) is 4.36. The van der Waals surface area contributed by atoms with E-state index in [0.717, 1.165) is 18.3 Å². The maximum absolute atomic E-state index is 9.82. The molecule has 1 aromatic rings. The first-order chi connectivity index (χ1) is 14.4. The van der Waals surface area contributed by atoms with Gasteiger partial charge in [0.2, 0.25) is 0 Å². The Bertz CT molecular complexity index is 693. The van der Waals surface area contributed by atoms with Crippen molar-refractivity contribution in [3.8, 4) is 6.07 Å². The number of carbonyl (C=O) groups is 1. The molecule has 0 unspecified atom stereocenters. The van der Waals surface area contributed by atoms with E-state index in [1.807, 2.05) is 0 Å². The first-order valence-corrected chi connectivity index (χ1v) is 11.9. The number of hydrogen-bond donors (Lipinski definition) is 0. The average molecular weight is 412 g/mol. The van der Waals surface area contributed by atoms with E-state index in [4.69, 9.17) is 5.26 Å². The Morgan fingerprint density at radius 2 is 1.80 bits per heavy atom. The lowest BCUT2D eigenvalue weighted by atomic mass is 9.81. The number of ketones is 1. The molecule has 0 aromatic heterocycles. The molecule has 30 heavy (non-hydrogen) atoms. The normalized spacial score (nSPS) is 22.0. The molecular weight excluding hydrogens is 370 g/mol. The topological polar surface area (TPSA) is 47.3 Å². The molecule has 0 spiro atoms. The Kier molecular flexibility index (Phi) is 10.4. The van der Waals surface area contributed by atoms with Crippen LogP contribution in [0.1, 0.15) is 70.4 Å². The van der Waals surface area contributed by atoms with Gasteiger partial charge in [-0.05, 0) is 62.3 Å². The minimum atomic E-state index is -0.0718. The van der Waals surface area contributed by atoms with Gasteiger partial charge >= 0.3 is 0 Å². The number of carbonyl (C=O) groups excluding carboxylic acids is 1. The van der Waals surface area contributed by atoms with E-state index in [9.17, 15) is 4.79 Å². The van der Waals surface area contributed by atoms with E-state index in [2.05, 4.69) is 48.8 Å². The molecule has 1 saturated carbocycles. The second-order valence-corrected chi connectivity index (χ2v) is 9.25. The third-order valence-corrected chi connectivity index (χ3v) is 6.71. The lowest BCUT2D eigenvalue weighted by molar-refractivity contribution is -0.116. The molecule has 1 aliphatic heterocycles. The number of benzene rings is 1. The van der Waals surface area contributed by atoms with E-state index in [-0.39, 0.29) is 12.2 Å². The third kappa shape index (κ3) is 8.11. The number of piperazine rings is 1. The van der Waals surface area contributed by atoms with Crippen LogP contribution in [0.15, 0.2) is 18.2 Å². The van der Waals surface area contributed by atoms with Crippen molar-refractivity contribution < 1.29 is 4.79 Å². The highest BCUT2D eigenvalue weighted by Gasteiger charge is 2.22. The van der Waals surface area contributed by atoms with Crippen LogP contribution in [-0.2, 0) is 11.2 Å². The van der Waals surface area contributed by atoms with E-state index in [1.165, 1.54) is 88.6 Å².